The van der Waals surface area contributed by atoms with E-state index in [9.17, 15) is 4.79 Å². The lowest BCUT2D eigenvalue weighted by Crippen LogP contribution is -3.09. The summed E-state index contributed by atoms with van der Waals surface area (Å²) in [5.74, 6) is 1.04. The van der Waals surface area contributed by atoms with E-state index in [4.69, 9.17) is 4.74 Å². The van der Waals surface area contributed by atoms with Crippen molar-refractivity contribution >= 4 is 27.5 Å². The van der Waals surface area contributed by atoms with E-state index in [1.807, 2.05) is 36.2 Å². The van der Waals surface area contributed by atoms with Gasteiger partial charge in [-0.15, -0.1) is 0 Å². The highest BCUT2D eigenvalue weighted by atomic mass is 79.9. The molecule has 4 nitrogen and oxygen atoms in total. The van der Waals surface area contributed by atoms with Gasteiger partial charge in [-0.05, 0) is 42.7 Å². The molecule has 132 valence electrons. The topological polar surface area (TPSA) is 34.0 Å². The maximum Gasteiger partial charge on any atom is 0.282 e. The molecule has 0 radical (unpaired) electrons. The molecule has 0 fully saturated rings. The van der Waals surface area contributed by atoms with Crippen LogP contribution in [-0.4, -0.2) is 33.2 Å². The molecule has 1 aliphatic heterocycles. The van der Waals surface area contributed by atoms with Crippen molar-refractivity contribution in [2.24, 2.45) is 0 Å². The number of nitrogens with one attached hydrogen (secondary N) is 1. The van der Waals surface area contributed by atoms with Gasteiger partial charge < -0.3 is 14.5 Å². The van der Waals surface area contributed by atoms with E-state index in [-0.39, 0.29) is 5.91 Å². The number of hydrogen-bond donors (Lipinski definition) is 1. The maximum absolute atomic E-state index is 12.8. The van der Waals surface area contributed by atoms with E-state index in [0.29, 0.717) is 6.54 Å². The van der Waals surface area contributed by atoms with Crippen molar-refractivity contribution in [2.45, 2.75) is 19.4 Å². The third-order valence-electron chi connectivity index (χ3n) is 4.60. The van der Waals surface area contributed by atoms with E-state index in [1.165, 1.54) is 5.56 Å². The Morgan fingerprint density at radius 3 is 2.88 bits per heavy atom. The van der Waals surface area contributed by atoms with Crippen LogP contribution in [0.4, 0.5) is 5.69 Å². The summed E-state index contributed by atoms with van der Waals surface area (Å²) in [4.78, 5) is 15.9. The van der Waals surface area contributed by atoms with Gasteiger partial charge in [0.15, 0.2) is 6.54 Å². The molecular formula is C20H24BrN2O2+. The quantitative estimate of drug-likeness (QED) is 0.831. The predicted octanol–water partition coefficient (Wildman–Crippen LogP) is 2.45. The van der Waals surface area contributed by atoms with Gasteiger partial charge in [0.05, 0.1) is 14.2 Å². The van der Waals surface area contributed by atoms with Crippen molar-refractivity contribution in [1.29, 1.82) is 0 Å². The van der Waals surface area contributed by atoms with E-state index in [2.05, 4.69) is 34.1 Å². The first-order chi connectivity index (χ1) is 12.1. The van der Waals surface area contributed by atoms with Gasteiger partial charge in [0.1, 0.15) is 12.3 Å². The van der Waals surface area contributed by atoms with Crippen LogP contribution in [0.1, 0.15) is 17.5 Å². The second kappa shape index (κ2) is 8.02. The molecule has 0 saturated carbocycles. The van der Waals surface area contributed by atoms with Crippen molar-refractivity contribution in [1.82, 2.24) is 0 Å². The number of hydrogen-bond acceptors (Lipinski definition) is 2. The van der Waals surface area contributed by atoms with Crippen LogP contribution in [0.15, 0.2) is 46.9 Å². The Balaban J connectivity index is 1.69. The van der Waals surface area contributed by atoms with E-state index < -0.39 is 0 Å². The van der Waals surface area contributed by atoms with E-state index in [0.717, 1.165) is 52.3 Å². The normalized spacial score (nSPS) is 14.8. The molecule has 1 heterocycles. The minimum absolute atomic E-state index is 0.179. The van der Waals surface area contributed by atoms with Crippen LogP contribution >= 0.6 is 15.9 Å². The molecule has 1 atom stereocenters. The number of methoxy groups -OCH3 is 1. The third kappa shape index (κ3) is 4.22. The minimum Gasteiger partial charge on any atom is -0.496 e. The molecule has 3 rings (SSSR count). The maximum atomic E-state index is 12.8. The number of quaternary nitrogens is 1. The molecule has 1 amide bonds. The number of nitrogens with zero attached hydrogens (tertiary/aromatic N) is 1. The lowest BCUT2D eigenvalue weighted by molar-refractivity contribution is -0.885. The van der Waals surface area contributed by atoms with Crippen LogP contribution in [0.3, 0.4) is 0 Å². The molecule has 2 aromatic carbocycles. The van der Waals surface area contributed by atoms with Gasteiger partial charge in [-0.2, -0.15) is 0 Å². The zero-order chi connectivity index (χ0) is 17.8. The van der Waals surface area contributed by atoms with E-state index >= 15 is 0 Å². The summed E-state index contributed by atoms with van der Waals surface area (Å²) in [6.07, 6.45) is 2.08. The number of amides is 1. The average molecular weight is 404 g/mol. The average Bonchev–Trinajstić information content (AvgIpc) is 2.61. The predicted molar refractivity (Wildman–Crippen MR) is 103 cm³/mol. The Morgan fingerprint density at radius 2 is 2.08 bits per heavy atom. The standard InChI is InChI=1S/C20H23BrN2O2/c1-22(13-16-12-17(21)9-10-19(16)25-2)14-20(24)23-11-5-7-15-6-3-4-8-18(15)23/h3-4,6,8-10,12H,5,7,11,13-14H2,1-2H3/p+1. The van der Waals surface area contributed by atoms with Crippen LogP contribution in [0.2, 0.25) is 0 Å². The van der Waals surface area contributed by atoms with Gasteiger partial charge >= 0.3 is 0 Å². The van der Waals surface area contributed by atoms with Gasteiger partial charge in [0.2, 0.25) is 0 Å². The molecular weight excluding hydrogens is 380 g/mol. The first kappa shape index (κ1) is 18.0. The van der Waals surface area contributed by atoms with Crippen LogP contribution in [0.5, 0.6) is 5.75 Å². The summed E-state index contributed by atoms with van der Waals surface area (Å²) in [5, 5.41) is 0. The van der Waals surface area contributed by atoms with Crippen LogP contribution in [-0.2, 0) is 17.8 Å². The molecule has 0 aromatic heterocycles. The van der Waals surface area contributed by atoms with Crippen LogP contribution < -0.4 is 14.5 Å². The summed E-state index contributed by atoms with van der Waals surface area (Å²) in [7, 11) is 3.73. The van der Waals surface area contributed by atoms with Crippen LogP contribution in [0, 0.1) is 0 Å². The number of fused-ring (bicyclic) bond motifs is 1. The third-order valence-corrected chi connectivity index (χ3v) is 5.09. The minimum atomic E-state index is 0.179. The number of para-hydroxylation sites is 1. The number of anilines is 1. The number of halogens is 1. The van der Waals surface area contributed by atoms with Gasteiger partial charge in [0.25, 0.3) is 5.91 Å². The molecule has 0 bridgehead atoms. The number of likely N-dealkylation sites (N-methyl/N-ethyl adjacent to an activating group) is 1. The second-order valence-corrected chi connectivity index (χ2v) is 7.46. The fraction of sp³-hybridized carbons (Fsp3) is 0.350. The Morgan fingerprint density at radius 1 is 1.28 bits per heavy atom. The summed E-state index contributed by atoms with van der Waals surface area (Å²) in [6.45, 7) is 2.01. The lowest BCUT2D eigenvalue weighted by Gasteiger charge is -2.30. The Hall–Kier alpha value is -1.85. The molecule has 0 aliphatic carbocycles. The van der Waals surface area contributed by atoms with Crippen molar-refractivity contribution in [2.75, 3.05) is 32.1 Å². The second-order valence-electron chi connectivity index (χ2n) is 6.54. The number of rotatable bonds is 5. The SMILES string of the molecule is COc1ccc(Br)cc1C[NH+](C)CC(=O)N1CCCc2ccccc21. The van der Waals surface area contributed by atoms with Gasteiger partial charge in [0, 0.05) is 22.3 Å². The van der Waals surface area contributed by atoms with Crippen LogP contribution in [0.25, 0.3) is 0 Å². The summed E-state index contributed by atoms with van der Waals surface area (Å²) in [6, 6.07) is 14.2. The molecule has 0 saturated heterocycles. The fourth-order valence-electron chi connectivity index (χ4n) is 3.42. The molecule has 0 spiro atoms. The highest BCUT2D eigenvalue weighted by molar-refractivity contribution is 9.10. The zero-order valence-electron chi connectivity index (χ0n) is 14.7. The number of aryl methyl sites for hydroxylation is 1. The zero-order valence-corrected chi connectivity index (χ0v) is 16.3. The molecule has 1 unspecified atom stereocenters. The number of carbonyl (C=O) groups excluding carboxylic acids is 1. The Kier molecular flexibility index (Phi) is 5.76. The monoisotopic (exact) mass is 403 g/mol. The molecule has 25 heavy (non-hydrogen) atoms. The lowest BCUT2D eigenvalue weighted by atomic mass is 10.0. The Labute approximate surface area is 157 Å². The first-order valence-electron chi connectivity index (χ1n) is 8.60. The van der Waals surface area contributed by atoms with Crippen molar-refractivity contribution < 1.29 is 14.4 Å². The highest BCUT2D eigenvalue weighted by Gasteiger charge is 2.24. The van der Waals surface area contributed by atoms with Crippen molar-refractivity contribution in [3.8, 4) is 5.75 Å². The summed E-state index contributed by atoms with van der Waals surface area (Å²) >= 11 is 3.51. The highest BCUT2D eigenvalue weighted by Crippen LogP contribution is 2.26. The largest absolute Gasteiger partial charge is 0.496 e. The number of ether oxygens (including phenoxy) is 1. The number of benzene rings is 2. The molecule has 1 N–H and O–H groups in total. The number of carbonyl (C=O) groups is 1. The Bertz CT molecular complexity index is 763. The van der Waals surface area contributed by atoms with Crippen molar-refractivity contribution in [3.63, 3.8) is 0 Å². The smallest absolute Gasteiger partial charge is 0.282 e. The van der Waals surface area contributed by atoms with Gasteiger partial charge in [-0.1, -0.05) is 34.1 Å². The summed E-state index contributed by atoms with van der Waals surface area (Å²) < 4.78 is 6.46. The summed E-state index contributed by atoms with van der Waals surface area (Å²) in [5.41, 5.74) is 3.45. The van der Waals surface area contributed by atoms with Gasteiger partial charge in [-0.3, -0.25) is 4.79 Å². The van der Waals surface area contributed by atoms with Gasteiger partial charge in [-0.25, -0.2) is 0 Å². The fourth-order valence-corrected chi connectivity index (χ4v) is 3.83. The molecule has 2 aromatic rings. The molecule has 1 aliphatic rings. The molecule has 5 heteroatoms. The first-order valence-corrected chi connectivity index (χ1v) is 9.40. The van der Waals surface area contributed by atoms with E-state index in [1.54, 1.807) is 7.11 Å². The van der Waals surface area contributed by atoms with Crippen molar-refractivity contribution in [3.05, 3.63) is 58.1 Å².